The minimum absolute atomic E-state index is 0. The van der Waals surface area contributed by atoms with Crippen molar-refractivity contribution < 1.29 is 124 Å². The summed E-state index contributed by atoms with van der Waals surface area (Å²) in [5.41, 5.74) is 0. The molecule has 0 nitrogen and oxygen atoms in total. The number of halogens is 2. The van der Waals surface area contributed by atoms with E-state index < -0.39 is 0 Å². The van der Waals surface area contributed by atoms with Gasteiger partial charge in [0.05, 0.1) is 0 Å². The number of hydrogen-bond donors (Lipinski definition) is 0. The van der Waals surface area contributed by atoms with Crippen molar-refractivity contribution in [1.29, 1.82) is 0 Å². The molecule has 0 aromatic carbocycles. The second kappa shape index (κ2) is 15.9. The van der Waals surface area contributed by atoms with Crippen molar-refractivity contribution in [3.63, 3.8) is 0 Å². The van der Waals surface area contributed by atoms with Crippen LogP contribution >= 0.6 is 0 Å². The fourth-order valence-electron chi connectivity index (χ4n) is 0. The Morgan fingerprint density at radius 2 is 0.750 bits per heavy atom. The second-order valence-corrected chi connectivity index (χ2v) is 0. The van der Waals surface area contributed by atoms with Crippen molar-refractivity contribution in [2.24, 2.45) is 0 Å². The van der Waals surface area contributed by atoms with Gasteiger partial charge in [0.2, 0.25) is 0 Å². The van der Waals surface area contributed by atoms with E-state index in [9.17, 15) is 0 Å². The molecule has 4 heavy (non-hydrogen) atoms. The third kappa shape index (κ3) is 9.22. The molecular formula is Cl2Eu2. The molecule has 0 atom stereocenters. The van der Waals surface area contributed by atoms with Gasteiger partial charge in [-0.15, -0.1) is 0 Å². The maximum Gasteiger partial charge on any atom is 2.00 e. The molecule has 4 heteroatoms. The van der Waals surface area contributed by atoms with Crippen molar-refractivity contribution in [2.75, 3.05) is 0 Å². The first-order valence-corrected chi connectivity index (χ1v) is 0. The summed E-state index contributed by atoms with van der Waals surface area (Å²) >= 11 is 0. The molecule has 0 heterocycles. The van der Waals surface area contributed by atoms with Crippen LogP contribution in [0, 0.1) is 98.8 Å². The monoisotopic (exact) mass is 376 g/mol. The summed E-state index contributed by atoms with van der Waals surface area (Å²) in [4.78, 5) is 0. The van der Waals surface area contributed by atoms with Gasteiger partial charge in [0, 0.05) is 49.4 Å². The first-order chi connectivity index (χ1) is 0. The van der Waals surface area contributed by atoms with E-state index in [0.717, 1.165) is 0 Å². The molecule has 0 rings (SSSR count). The van der Waals surface area contributed by atoms with Gasteiger partial charge >= 0.3 is 49.4 Å². The summed E-state index contributed by atoms with van der Waals surface area (Å²) in [6, 6.07) is 0. The van der Waals surface area contributed by atoms with Crippen LogP contribution in [0.3, 0.4) is 0 Å². The summed E-state index contributed by atoms with van der Waals surface area (Å²) in [7, 11) is 0. The zero-order valence-electron chi connectivity index (χ0n) is 1.51. The van der Waals surface area contributed by atoms with Gasteiger partial charge in [-0.1, -0.05) is 0 Å². The Bertz CT molecular complexity index is 4.00. The topological polar surface area (TPSA) is 0 Å². The minimum Gasteiger partial charge on any atom is -1.00 e. The molecule has 0 aromatic heterocycles. The van der Waals surface area contributed by atoms with Crippen LogP contribution in [0.2, 0.25) is 0 Å². The fourth-order valence-corrected chi connectivity index (χ4v) is 0. The van der Waals surface area contributed by atoms with E-state index in [1.807, 2.05) is 0 Å². The predicted octanol–water partition coefficient (Wildman–Crippen LogP) is -5.99. The van der Waals surface area contributed by atoms with Gasteiger partial charge in [-0.05, 0) is 0 Å². The molecule has 0 unspecified atom stereocenters. The molecule has 0 aliphatic carbocycles. The van der Waals surface area contributed by atoms with Crippen LogP contribution in [0.25, 0.3) is 0 Å². The Morgan fingerprint density at radius 1 is 0.750 bits per heavy atom. The molecule has 0 aromatic rings. The van der Waals surface area contributed by atoms with Crippen LogP contribution in [0.1, 0.15) is 0 Å². The van der Waals surface area contributed by atoms with Gasteiger partial charge < -0.3 is 24.8 Å². The van der Waals surface area contributed by atoms with Gasteiger partial charge in [0.15, 0.2) is 0 Å². The van der Waals surface area contributed by atoms with Crippen molar-refractivity contribution in [3.8, 4) is 0 Å². The Labute approximate surface area is 120 Å². The standard InChI is InChI=1S/2ClH.2Eu/h2*1H;;/q;;;+2/p-2. The predicted molar refractivity (Wildman–Crippen MR) is 0 cm³/mol. The van der Waals surface area contributed by atoms with Gasteiger partial charge in [0.25, 0.3) is 0 Å². The fraction of sp³-hybridized carbons (Fsp3) is 0. The number of rotatable bonds is 0. The van der Waals surface area contributed by atoms with Crippen molar-refractivity contribution in [1.82, 2.24) is 0 Å². The zero-order chi connectivity index (χ0) is 0. The molecule has 0 bridgehead atoms. The molecule has 0 saturated heterocycles. The molecular weight excluding hydrogens is 375 g/mol. The third-order valence-corrected chi connectivity index (χ3v) is 0. The quantitative estimate of drug-likeness (QED) is 0.396. The summed E-state index contributed by atoms with van der Waals surface area (Å²) in [5.74, 6) is 0. The van der Waals surface area contributed by atoms with Crippen molar-refractivity contribution in [3.05, 3.63) is 0 Å². The van der Waals surface area contributed by atoms with E-state index in [2.05, 4.69) is 0 Å². The molecule has 0 aliphatic heterocycles. The molecule has 0 spiro atoms. The Balaban J connectivity index is 0. The molecule has 0 amide bonds. The van der Waals surface area contributed by atoms with Crippen molar-refractivity contribution >= 4 is 0 Å². The third-order valence-electron chi connectivity index (χ3n) is 0. The van der Waals surface area contributed by atoms with E-state index >= 15 is 0 Å². The van der Waals surface area contributed by atoms with Crippen LogP contribution in [-0.4, -0.2) is 0 Å². The Morgan fingerprint density at radius 3 is 0.750 bits per heavy atom. The normalized spacial score (nSPS) is 0. The second-order valence-electron chi connectivity index (χ2n) is 0. The molecule has 28 valence electrons. The first-order valence-electron chi connectivity index (χ1n) is 0. The van der Waals surface area contributed by atoms with E-state index in [4.69, 9.17) is 0 Å². The Hall–Kier alpha value is 3.75. The van der Waals surface area contributed by atoms with E-state index in [-0.39, 0.29) is 124 Å². The van der Waals surface area contributed by atoms with E-state index in [0.29, 0.717) is 0 Å². The van der Waals surface area contributed by atoms with Crippen LogP contribution in [0.5, 0.6) is 0 Å². The largest absolute Gasteiger partial charge is 2.00 e. The first kappa shape index (κ1) is 25.1. The summed E-state index contributed by atoms with van der Waals surface area (Å²) in [6.45, 7) is 0. The van der Waals surface area contributed by atoms with Crippen molar-refractivity contribution in [2.45, 2.75) is 0 Å². The van der Waals surface area contributed by atoms with Gasteiger partial charge in [-0.25, -0.2) is 0 Å². The number of hydrogen-bond acceptors (Lipinski definition) is 0. The van der Waals surface area contributed by atoms with E-state index in [1.54, 1.807) is 0 Å². The van der Waals surface area contributed by atoms with Crippen LogP contribution < -0.4 is 24.8 Å². The Kier molecular flexibility index (Phi) is 99.6. The van der Waals surface area contributed by atoms with Gasteiger partial charge in [-0.2, -0.15) is 0 Å². The summed E-state index contributed by atoms with van der Waals surface area (Å²) in [6.07, 6.45) is 0. The summed E-state index contributed by atoms with van der Waals surface area (Å²) in [5, 5.41) is 0. The molecule has 0 fully saturated rings. The average Bonchev–Trinajstić information content (AvgIpc) is 0. The smallest absolute Gasteiger partial charge is 1.00 e. The average molecular weight is 375 g/mol. The van der Waals surface area contributed by atoms with Crippen LogP contribution in [-0.2, 0) is 0 Å². The van der Waals surface area contributed by atoms with Crippen LogP contribution in [0.15, 0.2) is 0 Å². The summed E-state index contributed by atoms with van der Waals surface area (Å²) < 4.78 is 0. The van der Waals surface area contributed by atoms with Gasteiger partial charge in [0.1, 0.15) is 0 Å². The molecule has 2 radical (unpaired) electrons. The molecule has 0 saturated carbocycles. The molecule has 0 N–H and O–H groups in total. The van der Waals surface area contributed by atoms with Gasteiger partial charge in [-0.3, -0.25) is 0 Å². The van der Waals surface area contributed by atoms with E-state index in [1.165, 1.54) is 0 Å². The molecule has 0 aliphatic rings. The SMILES string of the molecule is [Cl-].[Cl-].[Eu+2].[Eu]. The van der Waals surface area contributed by atoms with Crippen LogP contribution in [0.4, 0.5) is 0 Å². The maximum absolute atomic E-state index is 0. The minimum atomic E-state index is 0. The maximum atomic E-state index is 0. The zero-order valence-corrected chi connectivity index (χ0v) is 7.87.